The summed E-state index contributed by atoms with van der Waals surface area (Å²) < 4.78 is 11.6. The standard InChI is InChI=1S/C23H28BrClN2O6/c1-4-12(10-28)27-19(20(29)26-17-11(3)7-6-8-14(17)25)23-9-13(24)18(33-23)15(16(23)21(27)30)22(31)32-5-2/h6-8,12-13,15-16,18-19,28H,4-5,9-10H2,1-3H3,(H,26,29)/t12-,13?,15-,16+,18-,19-,23+/m0/s1. The molecule has 0 saturated carbocycles. The Labute approximate surface area is 206 Å². The van der Waals surface area contributed by atoms with Crippen molar-refractivity contribution in [2.45, 2.75) is 62.2 Å². The van der Waals surface area contributed by atoms with Gasteiger partial charge in [-0.1, -0.05) is 46.6 Å². The molecule has 3 saturated heterocycles. The number of anilines is 1. The zero-order chi connectivity index (χ0) is 24.1. The molecule has 2 N–H and O–H groups in total. The van der Waals surface area contributed by atoms with Crippen LogP contribution in [0.25, 0.3) is 0 Å². The Bertz CT molecular complexity index is 952. The van der Waals surface area contributed by atoms with Gasteiger partial charge >= 0.3 is 5.97 Å². The van der Waals surface area contributed by atoms with Gasteiger partial charge in [-0.15, -0.1) is 0 Å². The summed E-state index contributed by atoms with van der Waals surface area (Å²) in [5.41, 5.74) is 0.0163. The number of hydrogen-bond donors (Lipinski definition) is 2. The highest BCUT2D eigenvalue weighted by molar-refractivity contribution is 9.09. The lowest BCUT2D eigenvalue weighted by Crippen LogP contribution is -2.56. The van der Waals surface area contributed by atoms with Crippen LogP contribution in [0.2, 0.25) is 5.02 Å². The van der Waals surface area contributed by atoms with Crippen molar-refractivity contribution in [2.24, 2.45) is 11.8 Å². The van der Waals surface area contributed by atoms with E-state index in [9.17, 15) is 19.5 Å². The van der Waals surface area contributed by atoms with Gasteiger partial charge in [-0.3, -0.25) is 14.4 Å². The number of nitrogens with zero attached hydrogens (tertiary/aromatic N) is 1. The third kappa shape index (κ3) is 3.68. The molecule has 1 aromatic carbocycles. The highest BCUT2D eigenvalue weighted by Crippen LogP contribution is 2.60. The van der Waals surface area contributed by atoms with Crippen molar-refractivity contribution in [1.29, 1.82) is 0 Å². The minimum atomic E-state index is -1.21. The quantitative estimate of drug-likeness (QED) is 0.405. The van der Waals surface area contributed by atoms with Crippen LogP contribution in [0.5, 0.6) is 0 Å². The third-order valence-corrected chi connectivity index (χ3v) is 8.24. The van der Waals surface area contributed by atoms with Crippen molar-refractivity contribution >= 4 is 51.0 Å². The number of fused-ring (bicyclic) bond motifs is 1. The number of hydrogen-bond acceptors (Lipinski definition) is 6. The number of para-hydroxylation sites is 1. The Morgan fingerprint density at radius 3 is 2.76 bits per heavy atom. The van der Waals surface area contributed by atoms with E-state index < -0.39 is 47.5 Å². The van der Waals surface area contributed by atoms with E-state index >= 15 is 0 Å². The second-order valence-electron chi connectivity index (χ2n) is 8.83. The first-order valence-electron chi connectivity index (χ1n) is 11.2. The number of carbonyl (C=O) groups is 3. The minimum Gasteiger partial charge on any atom is -0.466 e. The second kappa shape index (κ2) is 9.17. The molecule has 0 aromatic heterocycles. The van der Waals surface area contributed by atoms with E-state index in [0.29, 0.717) is 23.6 Å². The van der Waals surface area contributed by atoms with Crippen molar-refractivity contribution in [1.82, 2.24) is 4.90 Å². The highest BCUT2D eigenvalue weighted by atomic mass is 79.9. The molecule has 33 heavy (non-hydrogen) atoms. The molecule has 4 rings (SSSR count). The van der Waals surface area contributed by atoms with Crippen LogP contribution >= 0.6 is 27.5 Å². The van der Waals surface area contributed by atoms with E-state index in [1.807, 2.05) is 19.9 Å². The second-order valence-corrected chi connectivity index (χ2v) is 10.4. The zero-order valence-corrected chi connectivity index (χ0v) is 21.1. The number of esters is 1. The van der Waals surface area contributed by atoms with Crippen molar-refractivity contribution in [3.8, 4) is 0 Å². The largest absolute Gasteiger partial charge is 0.466 e. The highest BCUT2D eigenvalue weighted by Gasteiger charge is 2.77. The number of likely N-dealkylation sites (tertiary alicyclic amines) is 1. The number of halogens is 2. The SMILES string of the molecule is CCOC(=O)[C@@H]1[C@H]2O[C@@]3(CC2Br)[C@H](C(=O)Nc2c(C)cccc2Cl)N([C@@H](CC)CO)C(=O)[C@@H]13. The lowest BCUT2D eigenvalue weighted by molar-refractivity contribution is -0.155. The van der Waals surface area contributed by atoms with Crippen LogP contribution in [-0.4, -0.2) is 69.6 Å². The normalized spacial score (nSPS) is 33.2. The fraction of sp³-hybridized carbons (Fsp3) is 0.609. The molecule has 7 atom stereocenters. The minimum absolute atomic E-state index is 0.177. The molecule has 8 nitrogen and oxygen atoms in total. The molecule has 3 heterocycles. The first-order valence-corrected chi connectivity index (χ1v) is 12.5. The van der Waals surface area contributed by atoms with Gasteiger partial charge in [0.2, 0.25) is 11.8 Å². The topological polar surface area (TPSA) is 105 Å². The zero-order valence-electron chi connectivity index (χ0n) is 18.7. The van der Waals surface area contributed by atoms with Crippen LogP contribution in [0, 0.1) is 18.8 Å². The average Bonchev–Trinajstić information content (AvgIpc) is 3.36. The van der Waals surface area contributed by atoms with Gasteiger partial charge in [0.15, 0.2) is 0 Å². The molecule has 180 valence electrons. The number of nitrogens with one attached hydrogen (secondary N) is 1. The van der Waals surface area contributed by atoms with E-state index in [1.54, 1.807) is 19.1 Å². The van der Waals surface area contributed by atoms with Crippen molar-refractivity contribution in [2.75, 3.05) is 18.5 Å². The monoisotopic (exact) mass is 542 g/mol. The van der Waals surface area contributed by atoms with E-state index in [-0.39, 0.29) is 23.9 Å². The Kier molecular flexibility index (Phi) is 6.79. The molecule has 2 bridgehead atoms. The van der Waals surface area contributed by atoms with Crippen LogP contribution in [0.4, 0.5) is 5.69 Å². The molecule has 1 spiro atoms. The number of benzene rings is 1. The molecule has 1 unspecified atom stereocenters. The molecule has 3 aliphatic heterocycles. The molecule has 10 heteroatoms. The maximum absolute atomic E-state index is 13.8. The van der Waals surface area contributed by atoms with Crippen LogP contribution in [0.15, 0.2) is 18.2 Å². The summed E-state index contributed by atoms with van der Waals surface area (Å²) in [5.74, 6) is -3.02. The van der Waals surface area contributed by atoms with Gasteiger partial charge in [0.05, 0.1) is 47.9 Å². The summed E-state index contributed by atoms with van der Waals surface area (Å²) in [7, 11) is 0. The van der Waals surface area contributed by atoms with Crippen LogP contribution < -0.4 is 5.32 Å². The number of alkyl halides is 1. The van der Waals surface area contributed by atoms with Crippen molar-refractivity contribution in [3.63, 3.8) is 0 Å². The van der Waals surface area contributed by atoms with Gasteiger partial charge in [0.25, 0.3) is 0 Å². The summed E-state index contributed by atoms with van der Waals surface area (Å²) in [6.45, 7) is 5.23. The molecule has 0 aliphatic carbocycles. The Morgan fingerprint density at radius 2 is 2.15 bits per heavy atom. The van der Waals surface area contributed by atoms with Gasteiger partial charge in [-0.2, -0.15) is 0 Å². The van der Waals surface area contributed by atoms with Crippen LogP contribution in [0.3, 0.4) is 0 Å². The van der Waals surface area contributed by atoms with Crippen molar-refractivity contribution < 1.29 is 29.0 Å². The smallest absolute Gasteiger partial charge is 0.312 e. The number of ether oxygens (including phenoxy) is 2. The van der Waals surface area contributed by atoms with Crippen molar-refractivity contribution in [3.05, 3.63) is 28.8 Å². The molecule has 0 radical (unpaired) electrons. The third-order valence-electron chi connectivity index (χ3n) is 7.08. The fourth-order valence-corrected chi connectivity index (χ4v) is 6.88. The molecule has 2 amide bonds. The Morgan fingerprint density at radius 1 is 1.42 bits per heavy atom. The van der Waals surface area contributed by atoms with Crippen LogP contribution in [-0.2, 0) is 23.9 Å². The summed E-state index contributed by atoms with van der Waals surface area (Å²) >= 11 is 9.94. The lowest BCUT2D eigenvalue weighted by atomic mass is 9.70. The maximum atomic E-state index is 13.8. The first kappa shape index (κ1) is 24.4. The number of carbonyl (C=O) groups excluding carboxylic acids is 3. The molecular formula is C23H28BrClN2O6. The number of rotatable bonds is 7. The average molecular weight is 544 g/mol. The molecular weight excluding hydrogens is 516 g/mol. The predicted molar refractivity (Wildman–Crippen MR) is 125 cm³/mol. The lowest BCUT2D eigenvalue weighted by Gasteiger charge is -2.36. The summed E-state index contributed by atoms with van der Waals surface area (Å²) in [4.78, 5) is 41.6. The molecule has 3 fully saturated rings. The number of amides is 2. The van der Waals surface area contributed by atoms with Crippen LogP contribution in [0.1, 0.15) is 32.3 Å². The Hall–Kier alpha value is -1.68. The van der Waals surface area contributed by atoms with E-state index in [4.69, 9.17) is 21.1 Å². The van der Waals surface area contributed by atoms with Gasteiger partial charge < -0.3 is 24.8 Å². The molecule has 1 aromatic rings. The summed E-state index contributed by atoms with van der Waals surface area (Å²) in [5, 5.41) is 13.3. The van der Waals surface area contributed by atoms with Gasteiger partial charge in [0.1, 0.15) is 11.6 Å². The number of aliphatic hydroxyl groups is 1. The first-order chi connectivity index (χ1) is 15.7. The predicted octanol–water partition coefficient (Wildman–Crippen LogP) is 2.67. The van der Waals surface area contributed by atoms with Gasteiger partial charge in [-0.25, -0.2) is 0 Å². The fourth-order valence-electron chi connectivity index (χ4n) is 5.66. The number of aliphatic hydroxyl groups excluding tert-OH is 1. The molecule has 3 aliphatic rings. The Balaban J connectivity index is 1.79. The van der Waals surface area contributed by atoms with Gasteiger partial charge in [0, 0.05) is 4.83 Å². The maximum Gasteiger partial charge on any atom is 0.312 e. The van der Waals surface area contributed by atoms with Gasteiger partial charge in [-0.05, 0) is 38.3 Å². The van der Waals surface area contributed by atoms with E-state index in [2.05, 4.69) is 21.2 Å². The summed E-state index contributed by atoms with van der Waals surface area (Å²) in [6.07, 6.45) is 0.235. The summed E-state index contributed by atoms with van der Waals surface area (Å²) in [6, 6.07) is 3.65. The van der Waals surface area contributed by atoms with E-state index in [1.165, 1.54) is 4.90 Å². The van der Waals surface area contributed by atoms with E-state index in [0.717, 1.165) is 5.56 Å². The number of aryl methyl sites for hydroxylation is 1.